The molecule has 26 heavy (non-hydrogen) atoms. The molecule has 0 aliphatic carbocycles. The minimum atomic E-state index is -0.395. The molecule has 0 fully saturated rings. The zero-order valence-electron chi connectivity index (χ0n) is 13.7. The Hall–Kier alpha value is -2.70. The molecule has 0 saturated heterocycles. The Morgan fingerprint density at radius 2 is 1.96 bits per heavy atom. The molecular formula is C19H13ClFN3OS. The summed E-state index contributed by atoms with van der Waals surface area (Å²) in [6.45, 7) is 1.90. The summed E-state index contributed by atoms with van der Waals surface area (Å²) < 4.78 is 15.1. The van der Waals surface area contributed by atoms with Gasteiger partial charge in [0.05, 0.1) is 16.3 Å². The highest BCUT2D eigenvalue weighted by molar-refractivity contribution is 7.20. The van der Waals surface area contributed by atoms with Crippen LogP contribution >= 0.6 is 22.9 Å². The lowest BCUT2D eigenvalue weighted by Gasteiger charge is -2.04. The van der Waals surface area contributed by atoms with Gasteiger partial charge in [0.15, 0.2) is 0 Å². The van der Waals surface area contributed by atoms with Crippen molar-refractivity contribution >= 4 is 44.7 Å². The molecule has 0 saturated carbocycles. The van der Waals surface area contributed by atoms with Crippen LogP contribution in [0.5, 0.6) is 0 Å². The molecule has 0 atom stereocenters. The van der Waals surface area contributed by atoms with E-state index in [4.69, 9.17) is 11.6 Å². The molecule has 7 heteroatoms. The number of rotatable bonds is 3. The summed E-state index contributed by atoms with van der Waals surface area (Å²) in [6, 6.07) is 15.0. The number of carbonyl (C=O) groups excluding carboxylic acids is 1. The Kier molecular flexibility index (Phi) is 4.22. The zero-order valence-corrected chi connectivity index (χ0v) is 15.2. The molecule has 1 N–H and O–H groups in total. The molecule has 2 heterocycles. The third-order valence-electron chi connectivity index (χ3n) is 3.92. The molecule has 130 valence electrons. The van der Waals surface area contributed by atoms with Crippen LogP contribution in [0.1, 0.15) is 15.4 Å². The molecule has 0 radical (unpaired) electrons. The fourth-order valence-electron chi connectivity index (χ4n) is 2.68. The van der Waals surface area contributed by atoms with Crippen LogP contribution in [-0.2, 0) is 0 Å². The van der Waals surface area contributed by atoms with E-state index in [0.717, 1.165) is 21.6 Å². The number of thiophene rings is 1. The monoisotopic (exact) mass is 385 g/mol. The van der Waals surface area contributed by atoms with Gasteiger partial charge >= 0.3 is 0 Å². The van der Waals surface area contributed by atoms with Crippen molar-refractivity contribution in [2.45, 2.75) is 6.92 Å². The number of nitrogens with zero attached hydrogens (tertiary/aromatic N) is 2. The second-order valence-corrected chi connectivity index (χ2v) is 7.23. The van der Waals surface area contributed by atoms with Gasteiger partial charge in [-0.3, -0.25) is 4.79 Å². The highest BCUT2D eigenvalue weighted by Gasteiger charge is 2.17. The van der Waals surface area contributed by atoms with Gasteiger partial charge in [0.1, 0.15) is 10.6 Å². The quantitative estimate of drug-likeness (QED) is 0.510. The Labute approximate surface area is 157 Å². The Morgan fingerprint density at radius 3 is 2.69 bits per heavy atom. The molecular weight excluding hydrogens is 373 g/mol. The third-order valence-corrected chi connectivity index (χ3v) is 5.28. The molecule has 1 amide bonds. The van der Waals surface area contributed by atoms with Crippen molar-refractivity contribution in [1.29, 1.82) is 0 Å². The van der Waals surface area contributed by atoms with Crippen molar-refractivity contribution in [3.05, 3.63) is 76.0 Å². The molecule has 0 unspecified atom stereocenters. The minimum Gasteiger partial charge on any atom is -0.321 e. The largest absolute Gasteiger partial charge is 0.321 e. The van der Waals surface area contributed by atoms with E-state index in [1.165, 1.54) is 23.5 Å². The molecule has 2 aromatic heterocycles. The summed E-state index contributed by atoms with van der Waals surface area (Å²) in [5, 5.41) is 8.83. The number of aryl methyl sites for hydroxylation is 1. The van der Waals surface area contributed by atoms with Gasteiger partial charge in [0, 0.05) is 16.1 Å². The maximum absolute atomic E-state index is 13.3. The fraction of sp³-hybridized carbons (Fsp3) is 0.0526. The van der Waals surface area contributed by atoms with E-state index >= 15 is 0 Å². The maximum atomic E-state index is 13.3. The van der Waals surface area contributed by atoms with E-state index in [1.807, 2.05) is 25.1 Å². The van der Waals surface area contributed by atoms with Crippen LogP contribution < -0.4 is 5.32 Å². The normalized spacial score (nSPS) is 11.0. The first-order valence-electron chi connectivity index (χ1n) is 7.83. The third kappa shape index (κ3) is 3.09. The van der Waals surface area contributed by atoms with Crippen LogP contribution in [0.2, 0.25) is 5.02 Å². The van der Waals surface area contributed by atoms with Crippen LogP contribution in [0, 0.1) is 12.7 Å². The number of benzene rings is 2. The van der Waals surface area contributed by atoms with Gasteiger partial charge in [-0.15, -0.1) is 11.3 Å². The number of hydrogen-bond acceptors (Lipinski definition) is 3. The van der Waals surface area contributed by atoms with E-state index < -0.39 is 5.82 Å². The number of halogens is 2. The molecule has 4 rings (SSSR count). The van der Waals surface area contributed by atoms with Gasteiger partial charge in [0.2, 0.25) is 0 Å². The second kappa shape index (κ2) is 6.55. The standard InChI is InChI=1S/C19H13ClFN3OS/c1-11-16-10-17(18(25)22-14-4-2-3-13(21)9-14)26-19(16)24(23-11)15-7-5-12(20)6-8-15/h2-10H,1H3,(H,22,25). The van der Waals surface area contributed by atoms with Gasteiger partial charge in [-0.1, -0.05) is 17.7 Å². The van der Waals surface area contributed by atoms with Gasteiger partial charge in [-0.05, 0) is 55.5 Å². The Morgan fingerprint density at radius 1 is 1.19 bits per heavy atom. The predicted octanol–water partition coefficient (Wildman–Crippen LogP) is 5.44. The molecule has 4 aromatic rings. The van der Waals surface area contributed by atoms with E-state index in [0.29, 0.717) is 15.6 Å². The van der Waals surface area contributed by atoms with Crippen LogP contribution in [0.3, 0.4) is 0 Å². The topological polar surface area (TPSA) is 46.9 Å². The molecule has 0 aliphatic heterocycles. The van der Waals surface area contributed by atoms with Gasteiger partial charge in [0.25, 0.3) is 5.91 Å². The van der Waals surface area contributed by atoms with Gasteiger partial charge in [-0.25, -0.2) is 9.07 Å². The second-order valence-electron chi connectivity index (χ2n) is 5.77. The summed E-state index contributed by atoms with van der Waals surface area (Å²) in [5.74, 6) is -0.674. The first-order valence-corrected chi connectivity index (χ1v) is 9.03. The zero-order chi connectivity index (χ0) is 18.3. The highest BCUT2D eigenvalue weighted by atomic mass is 35.5. The lowest BCUT2D eigenvalue weighted by Crippen LogP contribution is -2.10. The van der Waals surface area contributed by atoms with E-state index in [9.17, 15) is 9.18 Å². The molecule has 0 spiro atoms. The molecule has 0 bridgehead atoms. The van der Waals surface area contributed by atoms with Crippen LogP contribution in [0.25, 0.3) is 15.9 Å². The minimum absolute atomic E-state index is 0.279. The summed E-state index contributed by atoms with van der Waals surface area (Å²) in [5.41, 5.74) is 2.12. The number of nitrogens with one attached hydrogen (secondary N) is 1. The smallest absolute Gasteiger partial charge is 0.265 e. The Balaban J connectivity index is 1.70. The van der Waals surface area contributed by atoms with E-state index in [2.05, 4.69) is 10.4 Å². The van der Waals surface area contributed by atoms with Crippen molar-refractivity contribution in [3.63, 3.8) is 0 Å². The lowest BCUT2D eigenvalue weighted by molar-refractivity contribution is 0.103. The molecule has 2 aromatic carbocycles. The maximum Gasteiger partial charge on any atom is 0.265 e. The van der Waals surface area contributed by atoms with Crippen molar-refractivity contribution in [1.82, 2.24) is 9.78 Å². The highest BCUT2D eigenvalue weighted by Crippen LogP contribution is 2.31. The van der Waals surface area contributed by atoms with E-state index in [1.54, 1.807) is 28.9 Å². The van der Waals surface area contributed by atoms with Crippen molar-refractivity contribution in [2.24, 2.45) is 0 Å². The lowest BCUT2D eigenvalue weighted by atomic mass is 10.3. The van der Waals surface area contributed by atoms with Crippen molar-refractivity contribution in [3.8, 4) is 5.69 Å². The first kappa shape index (κ1) is 16.8. The van der Waals surface area contributed by atoms with E-state index in [-0.39, 0.29) is 5.91 Å². The number of fused-ring (bicyclic) bond motifs is 1. The number of hydrogen-bond donors (Lipinski definition) is 1. The first-order chi connectivity index (χ1) is 12.5. The number of aromatic nitrogens is 2. The van der Waals surface area contributed by atoms with Gasteiger partial charge in [-0.2, -0.15) is 5.10 Å². The summed E-state index contributed by atoms with van der Waals surface area (Å²) in [4.78, 5) is 13.9. The fourth-order valence-corrected chi connectivity index (χ4v) is 3.88. The SMILES string of the molecule is Cc1nn(-c2ccc(Cl)cc2)c2sc(C(=O)Nc3cccc(F)c3)cc12. The van der Waals surface area contributed by atoms with Crippen molar-refractivity contribution in [2.75, 3.05) is 5.32 Å². The van der Waals surface area contributed by atoms with Crippen LogP contribution in [0.15, 0.2) is 54.6 Å². The van der Waals surface area contributed by atoms with Crippen LogP contribution in [0.4, 0.5) is 10.1 Å². The average Bonchev–Trinajstić information content (AvgIpc) is 3.17. The number of carbonyl (C=O) groups is 1. The molecule has 0 aliphatic rings. The Bertz CT molecular complexity index is 1120. The molecule has 4 nitrogen and oxygen atoms in total. The summed E-state index contributed by atoms with van der Waals surface area (Å²) in [7, 11) is 0. The van der Waals surface area contributed by atoms with Crippen molar-refractivity contribution < 1.29 is 9.18 Å². The summed E-state index contributed by atoms with van der Waals surface area (Å²) >= 11 is 7.29. The summed E-state index contributed by atoms with van der Waals surface area (Å²) in [6.07, 6.45) is 0. The van der Waals surface area contributed by atoms with Crippen LogP contribution in [-0.4, -0.2) is 15.7 Å². The van der Waals surface area contributed by atoms with Gasteiger partial charge < -0.3 is 5.32 Å². The number of amides is 1. The predicted molar refractivity (Wildman–Crippen MR) is 103 cm³/mol. The average molecular weight is 386 g/mol. The number of anilines is 1.